The number of amides is 1. The molecule has 0 fully saturated rings. The highest BCUT2D eigenvalue weighted by Gasteiger charge is 2.35. The minimum absolute atomic E-state index is 0.0741. The number of hydrogen-bond acceptors (Lipinski definition) is 5. The van der Waals surface area contributed by atoms with E-state index in [4.69, 9.17) is 10.2 Å². The summed E-state index contributed by atoms with van der Waals surface area (Å²) < 4.78 is 63.2. The number of benzene rings is 2. The predicted molar refractivity (Wildman–Crippen MR) is 116 cm³/mol. The fourth-order valence-corrected chi connectivity index (χ4v) is 3.17. The van der Waals surface area contributed by atoms with Crippen LogP contribution >= 0.6 is 0 Å². The first-order chi connectivity index (χ1) is 15.7. The Morgan fingerprint density at radius 3 is 2.00 bits per heavy atom. The van der Waals surface area contributed by atoms with Gasteiger partial charge in [-0.05, 0) is 37.3 Å². The van der Waals surface area contributed by atoms with Crippen molar-refractivity contribution in [1.82, 2.24) is 9.78 Å². The molecule has 182 valence electrons. The second kappa shape index (κ2) is 10.5. The minimum Gasteiger partial charge on any atom is -0.481 e. The van der Waals surface area contributed by atoms with Gasteiger partial charge < -0.3 is 10.8 Å². The highest BCUT2D eigenvalue weighted by atomic mass is 32.2. The fraction of sp³-hybridized carbons (Fsp3) is 0.190. The van der Waals surface area contributed by atoms with Crippen molar-refractivity contribution in [2.24, 2.45) is 10.9 Å². The van der Waals surface area contributed by atoms with Crippen LogP contribution in [0.3, 0.4) is 0 Å². The Hall–Kier alpha value is -3.71. The van der Waals surface area contributed by atoms with Gasteiger partial charge in [0.15, 0.2) is 5.69 Å². The SMILES string of the molecule is Cc1ccc(-c2cc(C(F)(F)F)nn2-c2ccc(S(N)(=O)=O)cc2)cc1.NC(=O)CCC(=O)O. The second-order valence-electron chi connectivity index (χ2n) is 7.09. The van der Waals surface area contributed by atoms with Crippen molar-refractivity contribution in [3.8, 4) is 16.9 Å². The number of nitrogens with zero attached hydrogens (tertiary/aromatic N) is 2. The molecule has 0 unspecified atom stereocenters. The Kier molecular flexibility index (Phi) is 8.18. The molecule has 5 N–H and O–H groups in total. The lowest BCUT2D eigenvalue weighted by Gasteiger charge is -2.09. The van der Waals surface area contributed by atoms with Gasteiger partial charge in [0.05, 0.1) is 22.7 Å². The van der Waals surface area contributed by atoms with Crippen LogP contribution < -0.4 is 10.9 Å². The van der Waals surface area contributed by atoms with Crippen LogP contribution in [0.4, 0.5) is 13.2 Å². The zero-order chi connectivity index (χ0) is 25.7. The molecular formula is C21H21F3N4O5S. The van der Waals surface area contributed by atoms with Gasteiger partial charge in [-0.1, -0.05) is 29.8 Å². The fourth-order valence-electron chi connectivity index (χ4n) is 2.65. The maximum absolute atomic E-state index is 13.1. The Morgan fingerprint density at radius 1 is 1.03 bits per heavy atom. The summed E-state index contributed by atoms with van der Waals surface area (Å²) >= 11 is 0. The molecule has 0 aliphatic carbocycles. The number of nitrogens with two attached hydrogens (primary N) is 2. The monoisotopic (exact) mass is 498 g/mol. The average Bonchev–Trinajstić information content (AvgIpc) is 3.19. The number of carbonyl (C=O) groups excluding carboxylic acids is 1. The van der Waals surface area contributed by atoms with Gasteiger partial charge in [-0.25, -0.2) is 18.2 Å². The van der Waals surface area contributed by atoms with Crippen LogP contribution in [0.15, 0.2) is 59.5 Å². The van der Waals surface area contributed by atoms with E-state index in [1.807, 2.05) is 6.92 Å². The van der Waals surface area contributed by atoms with Crippen molar-refractivity contribution in [1.29, 1.82) is 0 Å². The molecule has 0 radical (unpaired) electrons. The van der Waals surface area contributed by atoms with Crippen molar-refractivity contribution in [3.05, 3.63) is 65.9 Å². The first-order valence-electron chi connectivity index (χ1n) is 9.56. The summed E-state index contributed by atoms with van der Waals surface area (Å²) in [5, 5.41) is 16.7. The number of aryl methyl sites for hydroxylation is 1. The van der Waals surface area contributed by atoms with Crippen molar-refractivity contribution in [2.75, 3.05) is 0 Å². The van der Waals surface area contributed by atoms with Gasteiger partial charge >= 0.3 is 12.1 Å². The summed E-state index contributed by atoms with van der Waals surface area (Å²) in [4.78, 5) is 19.4. The third-order valence-electron chi connectivity index (χ3n) is 4.34. The van der Waals surface area contributed by atoms with Crippen LogP contribution in [-0.2, 0) is 25.8 Å². The number of halogens is 3. The molecule has 34 heavy (non-hydrogen) atoms. The van der Waals surface area contributed by atoms with Crippen molar-refractivity contribution < 1.29 is 36.3 Å². The Labute approximate surface area is 192 Å². The Morgan fingerprint density at radius 2 is 1.59 bits per heavy atom. The topological polar surface area (TPSA) is 158 Å². The Bertz CT molecular complexity index is 1260. The van der Waals surface area contributed by atoms with E-state index >= 15 is 0 Å². The van der Waals surface area contributed by atoms with Crippen LogP contribution in [0.5, 0.6) is 0 Å². The van der Waals surface area contributed by atoms with Gasteiger partial charge in [-0.3, -0.25) is 9.59 Å². The lowest BCUT2D eigenvalue weighted by molar-refractivity contribution is -0.141. The molecule has 13 heteroatoms. The van der Waals surface area contributed by atoms with Gasteiger partial charge in [-0.15, -0.1) is 0 Å². The number of alkyl halides is 3. The average molecular weight is 498 g/mol. The quantitative estimate of drug-likeness (QED) is 0.474. The number of carboxylic acids is 1. The van der Waals surface area contributed by atoms with Crippen LogP contribution in [0.2, 0.25) is 0 Å². The van der Waals surface area contributed by atoms with Gasteiger partial charge in [0.2, 0.25) is 15.9 Å². The molecular weight excluding hydrogens is 477 g/mol. The highest BCUT2D eigenvalue weighted by molar-refractivity contribution is 7.89. The zero-order valence-electron chi connectivity index (χ0n) is 17.8. The first kappa shape index (κ1) is 26.5. The third-order valence-corrected chi connectivity index (χ3v) is 5.27. The molecule has 1 aromatic heterocycles. The van der Waals surface area contributed by atoms with Crippen molar-refractivity contribution in [2.45, 2.75) is 30.8 Å². The molecule has 0 aliphatic heterocycles. The molecule has 0 spiro atoms. The van der Waals surface area contributed by atoms with E-state index in [-0.39, 0.29) is 29.1 Å². The van der Waals surface area contributed by atoms with E-state index in [9.17, 15) is 31.2 Å². The number of primary amides is 1. The Balaban J connectivity index is 0.000000440. The molecule has 1 heterocycles. The molecule has 0 bridgehead atoms. The molecule has 0 atom stereocenters. The van der Waals surface area contributed by atoms with Crippen molar-refractivity contribution in [3.63, 3.8) is 0 Å². The van der Waals surface area contributed by atoms with Gasteiger partial charge in [0.25, 0.3) is 0 Å². The molecule has 0 saturated carbocycles. The maximum Gasteiger partial charge on any atom is 0.435 e. The van der Waals surface area contributed by atoms with E-state index in [1.54, 1.807) is 24.3 Å². The first-order valence-corrected chi connectivity index (χ1v) is 11.1. The zero-order valence-corrected chi connectivity index (χ0v) is 18.6. The lowest BCUT2D eigenvalue weighted by Crippen LogP contribution is -2.12. The number of aliphatic carboxylic acids is 1. The van der Waals surface area contributed by atoms with Gasteiger partial charge in [0, 0.05) is 12.0 Å². The summed E-state index contributed by atoms with van der Waals surface area (Å²) in [6.07, 6.45) is -4.85. The number of carboxylic acid groups (broad SMARTS) is 1. The lowest BCUT2D eigenvalue weighted by atomic mass is 10.1. The standard InChI is InChI=1S/C17H14F3N3O2S.C4H7NO3/c1-11-2-4-12(5-3-11)15-10-16(17(18,19)20)22-23(15)13-6-8-14(9-7-13)26(21,24)25;5-3(6)1-2-4(7)8/h2-10H,1H3,(H2,21,24,25);1-2H2,(H2,5,6)(H,7,8). The summed E-state index contributed by atoms with van der Waals surface area (Å²) in [6.45, 7) is 1.87. The predicted octanol–water partition coefficient (Wildman–Crippen LogP) is 2.85. The van der Waals surface area contributed by atoms with Crippen LogP contribution in [0, 0.1) is 6.92 Å². The molecule has 0 aliphatic rings. The number of primary sulfonamides is 1. The van der Waals surface area contributed by atoms with Crippen LogP contribution in [-0.4, -0.2) is 35.2 Å². The van der Waals surface area contributed by atoms with E-state index in [2.05, 4.69) is 10.8 Å². The number of carbonyl (C=O) groups is 2. The van der Waals surface area contributed by atoms with Gasteiger partial charge in [0.1, 0.15) is 0 Å². The number of hydrogen-bond donors (Lipinski definition) is 3. The largest absolute Gasteiger partial charge is 0.481 e. The molecule has 2 aromatic carbocycles. The summed E-state index contributed by atoms with van der Waals surface area (Å²) in [5.41, 5.74) is 5.63. The van der Waals surface area contributed by atoms with E-state index < -0.39 is 33.8 Å². The molecule has 1 amide bonds. The summed E-state index contributed by atoms with van der Waals surface area (Å²) in [5.74, 6) is -1.57. The normalized spacial score (nSPS) is 11.4. The molecule has 0 saturated heterocycles. The van der Waals surface area contributed by atoms with Crippen LogP contribution in [0.1, 0.15) is 24.1 Å². The minimum atomic E-state index is -4.61. The number of sulfonamides is 1. The van der Waals surface area contributed by atoms with Crippen molar-refractivity contribution >= 4 is 21.9 Å². The van der Waals surface area contributed by atoms with E-state index in [1.165, 1.54) is 24.3 Å². The summed E-state index contributed by atoms with van der Waals surface area (Å²) in [7, 11) is -3.90. The highest BCUT2D eigenvalue weighted by Crippen LogP contribution is 2.33. The van der Waals surface area contributed by atoms with E-state index in [0.717, 1.165) is 16.3 Å². The van der Waals surface area contributed by atoms with E-state index in [0.29, 0.717) is 5.56 Å². The number of aromatic nitrogens is 2. The maximum atomic E-state index is 13.1. The van der Waals surface area contributed by atoms with Crippen LogP contribution in [0.25, 0.3) is 16.9 Å². The molecule has 3 rings (SSSR count). The smallest absolute Gasteiger partial charge is 0.435 e. The number of rotatable bonds is 6. The second-order valence-corrected chi connectivity index (χ2v) is 8.65. The van der Waals surface area contributed by atoms with Gasteiger partial charge in [-0.2, -0.15) is 18.3 Å². The molecule has 3 aromatic rings. The summed E-state index contributed by atoms with van der Waals surface area (Å²) in [6, 6.07) is 13.1. The molecule has 9 nitrogen and oxygen atoms in total. The third kappa shape index (κ3) is 7.42.